The van der Waals surface area contributed by atoms with Crippen molar-refractivity contribution in [3.8, 4) is 0 Å². The Morgan fingerprint density at radius 1 is 1.45 bits per heavy atom. The summed E-state index contributed by atoms with van der Waals surface area (Å²) in [6, 6.07) is 5.31. The smallest absolute Gasteiger partial charge is 0.141 e. The van der Waals surface area contributed by atoms with Crippen LogP contribution < -0.4 is 5.32 Å². The minimum atomic E-state index is -0.359. The molecule has 0 amide bonds. The van der Waals surface area contributed by atoms with Crippen LogP contribution in [0.1, 0.15) is 38.2 Å². The second-order valence-electron chi connectivity index (χ2n) is 5.65. The van der Waals surface area contributed by atoms with Crippen molar-refractivity contribution in [3.05, 3.63) is 34.6 Å². The number of benzene rings is 1. The Hall–Kier alpha value is -0.640. The quantitative estimate of drug-likeness (QED) is 0.823. The van der Waals surface area contributed by atoms with Gasteiger partial charge in [0.05, 0.1) is 10.6 Å². The highest BCUT2D eigenvalue weighted by molar-refractivity contribution is 6.30. The van der Waals surface area contributed by atoms with Gasteiger partial charge in [0.15, 0.2) is 0 Å². The summed E-state index contributed by atoms with van der Waals surface area (Å²) in [5, 5.41) is 3.70. The second kappa shape index (κ2) is 6.88. The highest BCUT2D eigenvalue weighted by Crippen LogP contribution is 2.39. The summed E-state index contributed by atoms with van der Waals surface area (Å²) in [6.45, 7) is 3.02. The molecule has 1 aromatic carbocycles. The summed E-state index contributed by atoms with van der Waals surface area (Å²) in [5.74, 6) is -0.359. The van der Waals surface area contributed by atoms with Crippen molar-refractivity contribution < 1.29 is 9.13 Å². The Labute approximate surface area is 125 Å². The molecule has 1 aromatic rings. The molecule has 0 bridgehead atoms. The fourth-order valence-corrected chi connectivity index (χ4v) is 3.17. The molecule has 4 heteroatoms. The van der Waals surface area contributed by atoms with E-state index in [0.717, 1.165) is 37.8 Å². The summed E-state index contributed by atoms with van der Waals surface area (Å²) in [5.41, 5.74) is 1.10. The summed E-state index contributed by atoms with van der Waals surface area (Å²) < 4.78 is 18.9. The molecule has 1 atom stereocenters. The molecule has 112 valence electrons. The van der Waals surface area contributed by atoms with Crippen LogP contribution in [0.25, 0.3) is 0 Å². The number of likely N-dealkylation sites (N-methyl/N-ethyl adjacent to an activating group) is 1. The van der Waals surface area contributed by atoms with Gasteiger partial charge in [-0.3, -0.25) is 0 Å². The number of hydrogen-bond acceptors (Lipinski definition) is 2. The van der Waals surface area contributed by atoms with Crippen LogP contribution in [-0.4, -0.2) is 25.3 Å². The van der Waals surface area contributed by atoms with E-state index in [4.69, 9.17) is 16.3 Å². The molecular weight excluding hydrogens is 277 g/mol. The van der Waals surface area contributed by atoms with Gasteiger partial charge in [-0.15, -0.1) is 0 Å². The molecule has 1 N–H and O–H groups in total. The fraction of sp³-hybridized carbons (Fsp3) is 0.625. The van der Waals surface area contributed by atoms with E-state index < -0.39 is 0 Å². The number of rotatable bonds is 7. The van der Waals surface area contributed by atoms with Crippen LogP contribution in [0.3, 0.4) is 0 Å². The Kier molecular flexibility index (Phi) is 5.42. The van der Waals surface area contributed by atoms with Gasteiger partial charge in [0.25, 0.3) is 0 Å². The maximum absolute atomic E-state index is 13.2. The van der Waals surface area contributed by atoms with E-state index in [-0.39, 0.29) is 16.4 Å². The van der Waals surface area contributed by atoms with Crippen LogP contribution in [0.4, 0.5) is 4.39 Å². The molecule has 1 aliphatic rings. The van der Waals surface area contributed by atoms with E-state index >= 15 is 0 Å². The van der Waals surface area contributed by atoms with Crippen molar-refractivity contribution in [2.75, 3.05) is 13.7 Å². The van der Waals surface area contributed by atoms with Crippen LogP contribution >= 0.6 is 11.6 Å². The van der Waals surface area contributed by atoms with E-state index in [2.05, 4.69) is 12.2 Å². The minimum absolute atomic E-state index is 0.0384. The van der Waals surface area contributed by atoms with Crippen LogP contribution in [0.5, 0.6) is 0 Å². The van der Waals surface area contributed by atoms with Crippen LogP contribution in [0.15, 0.2) is 18.2 Å². The van der Waals surface area contributed by atoms with Gasteiger partial charge in [0.2, 0.25) is 0 Å². The zero-order valence-electron chi connectivity index (χ0n) is 12.2. The van der Waals surface area contributed by atoms with Crippen LogP contribution in [0.2, 0.25) is 5.02 Å². The van der Waals surface area contributed by atoms with Gasteiger partial charge in [0, 0.05) is 13.2 Å². The number of methoxy groups -OCH3 is 1. The van der Waals surface area contributed by atoms with Crippen molar-refractivity contribution in [1.29, 1.82) is 0 Å². The van der Waals surface area contributed by atoms with Gasteiger partial charge < -0.3 is 10.1 Å². The molecule has 20 heavy (non-hydrogen) atoms. The molecule has 1 saturated carbocycles. The predicted octanol–water partition coefficient (Wildman–Crippen LogP) is 3.96. The average molecular weight is 300 g/mol. The molecule has 0 aliphatic heterocycles. The zero-order chi connectivity index (χ0) is 14.6. The maximum atomic E-state index is 13.2. The van der Waals surface area contributed by atoms with Crippen molar-refractivity contribution in [3.63, 3.8) is 0 Å². The number of halogens is 2. The van der Waals surface area contributed by atoms with E-state index in [1.165, 1.54) is 12.5 Å². The summed E-state index contributed by atoms with van der Waals surface area (Å²) in [4.78, 5) is 0. The normalized spacial score (nSPS) is 18.6. The van der Waals surface area contributed by atoms with Crippen molar-refractivity contribution in [2.45, 2.75) is 50.7 Å². The lowest BCUT2D eigenvalue weighted by molar-refractivity contribution is -0.0833. The van der Waals surface area contributed by atoms with Crippen LogP contribution in [-0.2, 0) is 11.2 Å². The highest BCUT2D eigenvalue weighted by Gasteiger charge is 2.38. The standard InChI is InChI=1S/C16H23ClFNO/c1-3-19-13(11-16(20-2)7-4-8-16)9-12-5-6-15(18)14(17)10-12/h5-6,10,13,19H,3-4,7-9,11H2,1-2H3. The molecule has 2 rings (SSSR count). The largest absolute Gasteiger partial charge is 0.378 e. The Morgan fingerprint density at radius 2 is 2.20 bits per heavy atom. The number of nitrogens with one attached hydrogen (secondary N) is 1. The van der Waals surface area contributed by atoms with E-state index in [1.54, 1.807) is 13.2 Å². The lowest BCUT2D eigenvalue weighted by Gasteiger charge is -2.43. The molecule has 1 aliphatic carbocycles. The van der Waals surface area contributed by atoms with Gasteiger partial charge in [0.1, 0.15) is 5.82 Å². The highest BCUT2D eigenvalue weighted by atomic mass is 35.5. The van der Waals surface area contributed by atoms with Crippen molar-refractivity contribution >= 4 is 11.6 Å². The fourth-order valence-electron chi connectivity index (χ4n) is 2.97. The summed E-state index contributed by atoms with van der Waals surface area (Å²) >= 11 is 5.85. The molecular formula is C16H23ClFNO. The summed E-state index contributed by atoms with van der Waals surface area (Å²) in [6.07, 6.45) is 5.35. The van der Waals surface area contributed by atoms with Gasteiger partial charge >= 0.3 is 0 Å². The Morgan fingerprint density at radius 3 is 2.70 bits per heavy atom. The number of ether oxygens (including phenoxy) is 1. The Balaban J connectivity index is 2.02. The third kappa shape index (κ3) is 3.72. The first kappa shape index (κ1) is 15.7. The second-order valence-corrected chi connectivity index (χ2v) is 6.06. The average Bonchev–Trinajstić information content (AvgIpc) is 2.38. The minimum Gasteiger partial charge on any atom is -0.378 e. The molecule has 0 aromatic heterocycles. The number of hydrogen-bond donors (Lipinski definition) is 1. The van der Waals surface area contributed by atoms with E-state index in [1.807, 2.05) is 6.07 Å². The van der Waals surface area contributed by atoms with Gasteiger partial charge in [-0.1, -0.05) is 24.6 Å². The monoisotopic (exact) mass is 299 g/mol. The molecule has 0 radical (unpaired) electrons. The molecule has 1 fully saturated rings. The molecule has 2 nitrogen and oxygen atoms in total. The van der Waals surface area contributed by atoms with Crippen molar-refractivity contribution in [2.24, 2.45) is 0 Å². The third-order valence-electron chi connectivity index (χ3n) is 4.28. The third-order valence-corrected chi connectivity index (χ3v) is 4.56. The lowest BCUT2D eigenvalue weighted by atomic mass is 9.75. The van der Waals surface area contributed by atoms with Gasteiger partial charge in [-0.2, -0.15) is 0 Å². The van der Waals surface area contributed by atoms with E-state index in [0.29, 0.717) is 6.04 Å². The lowest BCUT2D eigenvalue weighted by Crippen LogP contribution is -2.46. The molecule has 0 heterocycles. The summed E-state index contributed by atoms with van der Waals surface area (Å²) in [7, 11) is 1.80. The SMILES string of the molecule is CCNC(Cc1ccc(F)c(Cl)c1)CC1(OC)CCC1. The van der Waals surface area contributed by atoms with Crippen LogP contribution in [0, 0.1) is 5.82 Å². The maximum Gasteiger partial charge on any atom is 0.141 e. The first-order chi connectivity index (χ1) is 9.58. The molecule has 0 saturated heterocycles. The van der Waals surface area contributed by atoms with E-state index in [9.17, 15) is 4.39 Å². The van der Waals surface area contributed by atoms with Gasteiger partial charge in [-0.25, -0.2) is 4.39 Å². The first-order valence-electron chi connectivity index (χ1n) is 7.31. The first-order valence-corrected chi connectivity index (χ1v) is 7.69. The van der Waals surface area contributed by atoms with Gasteiger partial charge in [-0.05, 0) is 56.3 Å². The van der Waals surface area contributed by atoms with Crippen molar-refractivity contribution in [1.82, 2.24) is 5.32 Å². The molecule has 1 unspecified atom stereocenters. The topological polar surface area (TPSA) is 21.3 Å². The zero-order valence-corrected chi connectivity index (χ0v) is 13.0. The Bertz CT molecular complexity index is 443. The molecule has 0 spiro atoms. The predicted molar refractivity (Wildman–Crippen MR) is 80.8 cm³/mol.